The van der Waals surface area contributed by atoms with Crippen LogP contribution in [-0.2, 0) is 10.2 Å². The van der Waals surface area contributed by atoms with E-state index in [0.717, 1.165) is 5.56 Å². The van der Waals surface area contributed by atoms with Crippen molar-refractivity contribution < 1.29 is 14.3 Å². The first-order valence-electron chi connectivity index (χ1n) is 7.37. The first-order chi connectivity index (χ1) is 10.7. The molecule has 0 saturated carbocycles. The smallest absolute Gasteiger partial charge is 0.337 e. The summed E-state index contributed by atoms with van der Waals surface area (Å²) >= 11 is 0. The van der Waals surface area contributed by atoms with Crippen LogP contribution in [0.4, 0.5) is 5.69 Å². The van der Waals surface area contributed by atoms with Crippen LogP contribution in [0, 0.1) is 0 Å². The molecule has 0 aliphatic heterocycles. The monoisotopic (exact) mass is 311 g/mol. The number of benzene rings is 2. The molecule has 0 aliphatic carbocycles. The Morgan fingerprint density at radius 2 is 1.52 bits per heavy atom. The van der Waals surface area contributed by atoms with E-state index in [2.05, 4.69) is 25.5 Å². The number of hydrogen-bond acceptors (Lipinski definition) is 4. The minimum absolute atomic E-state index is 0.0193. The van der Waals surface area contributed by atoms with E-state index >= 15 is 0 Å². The van der Waals surface area contributed by atoms with Gasteiger partial charge in [-0.15, -0.1) is 0 Å². The first kappa shape index (κ1) is 16.7. The molecule has 4 heteroatoms. The number of ether oxygens (including phenoxy) is 1. The molecule has 2 N–H and O–H groups in total. The van der Waals surface area contributed by atoms with Gasteiger partial charge >= 0.3 is 5.97 Å². The summed E-state index contributed by atoms with van der Waals surface area (Å²) in [5.41, 5.74) is 8.53. The van der Waals surface area contributed by atoms with Crippen molar-refractivity contribution in [3.8, 4) is 0 Å². The zero-order valence-electron chi connectivity index (χ0n) is 13.8. The molecule has 0 atom stereocenters. The molecule has 2 aromatic rings. The third-order valence-electron chi connectivity index (χ3n) is 3.73. The second kappa shape index (κ2) is 6.24. The maximum absolute atomic E-state index is 12.7. The largest absolute Gasteiger partial charge is 0.465 e. The highest BCUT2D eigenvalue weighted by molar-refractivity contribution is 6.13. The Bertz CT molecular complexity index is 740. The molecule has 0 bridgehead atoms. The van der Waals surface area contributed by atoms with Gasteiger partial charge in [-0.05, 0) is 29.2 Å². The minimum Gasteiger partial charge on any atom is -0.465 e. The Morgan fingerprint density at radius 3 is 2.04 bits per heavy atom. The number of rotatable bonds is 3. The Hall–Kier alpha value is -2.62. The van der Waals surface area contributed by atoms with Gasteiger partial charge in [-0.1, -0.05) is 45.0 Å². The summed E-state index contributed by atoms with van der Waals surface area (Å²) in [5.74, 6) is -0.712. The third kappa shape index (κ3) is 3.59. The van der Waals surface area contributed by atoms with Crippen molar-refractivity contribution in [1.82, 2.24) is 0 Å². The van der Waals surface area contributed by atoms with Gasteiger partial charge in [-0.3, -0.25) is 4.79 Å². The highest BCUT2D eigenvalue weighted by atomic mass is 16.5. The fraction of sp³-hybridized carbons (Fsp3) is 0.263. The summed E-state index contributed by atoms with van der Waals surface area (Å²) in [4.78, 5) is 24.3. The third-order valence-corrected chi connectivity index (χ3v) is 3.73. The molecule has 2 rings (SSSR count). The molecule has 0 amide bonds. The highest BCUT2D eigenvalue weighted by Gasteiger charge is 2.18. The Balaban J connectivity index is 2.39. The molecule has 0 spiro atoms. The van der Waals surface area contributed by atoms with Crippen molar-refractivity contribution in [1.29, 1.82) is 0 Å². The molecule has 2 aromatic carbocycles. The molecule has 120 valence electrons. The fourth-order valence-electron chi connectivity index (χ4n) is 2.27. The molecule has 0 saturated heterocycles. The number of nitrogens with two attached hydrogens (primary N) is 1. The fourth-order valence-corrected chi connectivity index (χ4v) is 2.27. The molecule has 0 unspecified atom stereocenters. The van der Waals surface area contributed by atoms with Gasteiger partial charge in [0.05, 0.1) is 12.7 Å². The molecule has 4 nitrogen and oxygen atoms in total. The van der Waals surface area contributed by atoms with Gasteiger partial charge in [0.15, 0.2) is 5.78 Å². The normalized spacial score (nSPS) is 11.1. The lowest BCUT2D eigenvalue weighted by molar-refractivity contribution is 0.0600. The van der Waals surface area contributed by atoms with Crippen LogP contribution < -0.4 is 5.73 Å². The number of esters is 1. The highest BCUT2D eigenvalue weighted by Crippen LogP contribution is 2.24. The Labute approximate surface area is 136 Å². The van der Waals surface area contributed by atoms with Crippen molar-refractivity contribution in [3.63, 3.8) is 0 Å². The van der Waals surface area contributed by atoms with Crippen LogP contribution in [0.15, 0.2) is 42.5 Å². The molecular weight excluding hydrogens is 290 g/mol. The Kier molecular flexibility index (Phi) is 4.55. The SMILES string of the molecule is COC(=O)c1ccc(N)c(C(=O)c2ccc(C(C)(C)C)cc2)c1. The minimum atomic E-state index is -0.498. The number of carbonyl (C=O) groups is 2. The summed E-state index contributed by atoms with van der Waals surface area (Å²) in [5, 5.41) is 0. The maximum atomic E-state index is 12.7. The van der Waals surface area contributed by atoms with E-state index in [1.165, 1.54) is 13.2 Å². The van der Waals surface area contributed by atoms with E-state index in [1.54, 1.807) is 24.3 Å². The van der Waals surface area contributed by atoms with Gasteiger partial charge in [0.1, 0.15) is 0 Å². The molecule has 0 aliphatic rings. The van der Waals surface area contributed by atoms with Crippen molar-refractivity contribution in [2.75, 3.05) is 12.8 Å². The van der Waals surface area contributed by atoms with E-state index in [0.29, 0.717) is 22.4 Å². The summed E-state index contributed by atoms with van der Waals surface area (Å²) < 4.78 is 4.68. The Morgan fingerprint density at radius 1 is 0.957 bits per heavy atom. The van der Waals surface area contributed by atoms with Gasteiger partial charge in [0, 0.05) is 16.8 Å². The van der Waals surface area contributed by atoms with E-state index < -0.39 is 5.97 Å². The van der Waals surface area contributed by atoms with Crippen molar-refractivity contribution in [2.45, 2.75) is 26.2 Å². The second-order valence-electron chi connectivity index (χ2n) is 6.45. The van der Waals surface area contributed by atoms with Gasteiger partial charge < -0.3 is 10.5 Å². The number of nitrogen functional groups attached to an aromatic ring is 1. The van der Waals surface area contributed by atoms with Crippen LogP contribution >= 0.6 is 0 Å². The van der Waals surface area contributed by atoms with E-state index in [-0.39, 0.29) is 11.2 Å². The predicted octanol–water partition coefficient (Wildman–Crippen LogP) is 3.58. The number of hydrogen-bond donors (Lipinski definition) is 1. The van der Waals surface area contributed by atoms with Crippen LogP contribution in [0.25, 0.3) is 0 Å². The predicted molar refractivity (Wildman–Crippen MR) is 90.8 cm³/mol. The molecule has 0 radical (unpaired) electrons. The van der Waals surface area contributed by atoms with E-state index in [1.807, 2.05) is 12.1 Å². The van der Waals surface area contributed by atoms with Gasteiger partial charge in [-0.2, -0.15) is 0 Å². The van der Waals surface area contributed by atoms with E-state index in [9.17, 15) is 9.59 Å². The number of anilines is 1. The molecule has 0 heterocycles. The van der Waals surface area contributed by atoms with Crippen LogP contribution in [0.5, 0.6) is 0 Å². The summed E-state index contributed by atoms with van der Waals surface area (Å²) in [7, 11) is 1.30. The second-order valence-corrected chi connectivity index (χ2v) is 6.45. The molecule has 0 aromatic heterocycles. The van der Waals surface area contributed by atoms with Crippen molar-refractivity contribution in [2.24, 2.45) is 0 Å². The quantitative estimate of drug-likeness (QED) is 0.534. The number of methoxy groups -OCH3 is 1. The summed E-state index contributed by atoms with van der Waals surface area (Å²) in [6.45, 7) is 6.34. The van der Waals surface area contributed by atoms with Gasteiger partial charge in [0.2, 0.25) is 0 Å². The lowest BCUT2D eigenvalue weighted by Crippen LogP contribution is -2.12. The van der Waals surface area contributed by atoms with Gasteiger partial charge in [0.25, 0.3) is 0 Å². The lowest BCUT2D eigenvalue weighted by Gasteiger charge is -2.19. The maximum Gasteiger partial charge on any atom is 0.337 e. The van der Waals surface area contributed by atoms with Gasteiger partial charge in [-0.25, -0.2) is 4.79 Å². The average Bonchev–Trinajstić information content (AvgIpc) is 2.53. The number of carbonyl (C=O) groups excluding carboxylic acids is 2. The zero-order chi connectivity index (χ0) is 17.2. The molecule has 23 heavy (non-hydrogen) atoms. The molecule has 0 fully saturated rings. The van der Waals surface area contributed by atoms with E-state index in [4.69, 9.17) is 5.73 Å². The first-order valence-corrected chi connectivity index (χ1v) is 7.37. The topological polar surface area (TPSA) is 69.4 Å². The van der Waals surface area contributed by atoms with Crippen LogP contribution in [0.2, 0.25) is 0 Å². The van der Waals surface area contributed by atoms with Crippen molar-refractivity contribution in [3.05, 3.63) is 64.7 Å². The number of ketones is 1. The average molecular weight is 311 g/mol. The zero-order valence-corrected chi connectivity index (χ0v) is 13.8. The summed E-state index contributed by atoms with van der Waals surface area (Å²) in [6, 6.07) is 12.0. The lowest BCUT2D eigenvalue weighted by atomic mass is 9.86. The van der Waals surface area contributed by atoms with Crippen LogP contribution in [0.1, 0.15) is 52.6 Å². The van der Waals surface area contributed by atoms with Crippen LogP contribution in [-0.4, -0.2) is 18.9 Å². The van der Waals surface area contributed by atoms with Crippen molar-refractivity contribution >= 4 is 17.4 Å². The summed E-state index contributed by atoms with van der Waals surface area (Å²) in [6.07, 6.45) is 0. The van der Waals surface area contributed by atoms with Crippen LogP contribution in [0.3, 0.4) is 0 Å². The molecular formula is C19H21NO3. The standard InChI is InChI=1S/C19H21NO3/c1-19(2,3)14-8-5-12(6-9-14)17(21)15-11-13(18(22)23-4)7-10-16(15)20/h5-11H,20H2,1-4H3.